The third-order valence-corrected chi connectivity index (χ3v) is 3.16. The first-order chi connectivity index (χ1) is 9.00. The number of rotatable bonds is 3. The summed E-state index contributed by atoms with van der Waals surface area (Å²) in [5.74, 6) is 0.0436. The highest BCUT2D eigenvalue weighted by molar-refractivity contribution is 5.79. The molecule has 0 saturated heterocycles. The van der Waals surface area contributed by atoms with Crippen LogP contribution in [0.15, 0.2) is 36.5 Å². The number of hydrogen-bond acceptors (Lipinski definition) is 2. The summed E-state index contributed by atoms with van der Waals surface area (Å²) in [6.07, 6.45) is 1.92. The van der Waals surface area contributed by atoms with Gasteiger partial charge < -0.3 is 4.90 Å². The van der Waals surface area contributed by atoms with E-state index in [4.69, 9.17) is 0 Å². The Kier molecular flexibility index (Phi) is 3.69. The third kappa shape index (κ3) is 2.67. The Morgan fingerprint density at radius 2 is 1.89 bits per heavy atom. The standard InChI is InChI=1S/C15H19N3O/c1-11-10-18(12(2)15(19)17(3)4)16-14(11)13-8-6-5-7-9-13/h5-10,12H,1-4H3. The summed E-state index contributed by atoms with van der Waals surface area (Å²) in [5.41, 5.74) is 3.08. The monoisotopic (exact) mass is 257 g/mol. The van der Waals surface area contributed by atoms with Crippen LogP contribution in [-0.2, 0) is 4.79 Å². The van der Waals surface area contributed by atoms with Crippen molar-refractivity contribution < 1.29 is 4.79 Å². The predicted octanol–water partition coefficient (Wildman–Crippen LogP) is 2.51. The van der Waals surface area contributed by atoms with Gasteiger partial charge >= 0.3 is 0 Å². The van der Waals surface area contributed by atoms with Crippen LogP contribution in [0, 0.1) is 6.92 Å². The normalized spacial score (nSPS) is 12.2. The molecule has 1 aromatic carbocycles. The summed E-state index contributed by atoms with van der Waals surface area (Å²) < 4.78 is 1.74. The highest BCUT2D eigenvalue weighted by Gasteiger charge is 2.19. The van der Waals surface area contributed by atoms with Gasteiger partial charge in [0.15, 0.2) is 0 Å². The molecule has 1 unspecified atom stereocenters. The van der Waals surface area contributed by atoms with E-state index >= 15 is 0 Å². The highest BCUT2D eigenvalue weighted by atomic mass is 16.2. The van der Waals surface area contributed by atoms with Crippen molar-refractivity contribution >= 4 is 5.91 Å². The number of carbonyl (C=O) groups is 1. The van der Waals surface area contributed by atoms with Crippen molar-refractivity contribution in [3.05, 3.63) is 42.1 Å². The first-order valence-electron chi connectivity index (χ1n) is 6.33. The lowest BCUT2D eigenvalue weighted by Gasteiger charge is -2.16. The second kappa shape index (κ2) is 5.26. The number of amides is 1. The number of likely N-dealkylation sites (N-methyl/N-ethyl adjacent to an activating group) is 1. The van der Waals surface area contributed by atoms with Crippen molar-refractivity contribution in [2.24, 2.45) is 0 Å². The molecule has 0 aliphatic rings. The highest BCUT2D eigenvalue weighted by Crippen LogP contribution is 2.22. The predicted molar refractivity (Wildman–Crippen MR) is 75.8 cm³/mol. The zero-order valence-corrected chi connectivity index (χ0v) is 11.8. The van der Waals surface area contributed by atoms with Crippen LogP contribution in [0.4, 0.5) is 0 Å². The Morgan fingerprint density at radius 3 is 2.47 bits per heavy atom. The lowest BCUT2D eigenvalue weighted by Crippen LogP contribution is -2.30. The van der Waals surface area contributed by atoms with Gasteiger partial charge in [0.05, 0.1) is 5.69 Å². The molecule has 4 heteroatoms. The van der Waals surface area contributed by atoms with E-state index in [1.54, 1.807) is 23.7 Å². The zero-order valence-electron chi connectivity index (χ0n) is 11.8. The Labute approximate surface area is 113 Å². The summed E-state index contributed by atoms with van der Waals surface area (Å²) in [6.45, 7) is 3.88. The number of nitrogens with zero attached hydrogens (tertiary/aromatic N) is 3. The number of carbonyl (C=O) groups excluding carboxylic acids is 1. The molecule has 0 radical (unpaired) electrons. The van der Waals surface area contributed by atoms with Gasteiger partial charge in [0.1, 0.15) is 6.04 Å². The van der Waals surface area contributed by atoms with Crippen LogP contribution in [0.3, 0.4) is 0 Å². The van der Waals surface area contributed by atoms with E-state index in [2.05, 4.69) is 5.10 Å². The van der Waals surface area contributed by atoms with Crippen molar-refractivity contribution in [3.63, 3.8) is 0 Å². The van der Waals surface area contributed by atoms with Gasteiger partial charge in [-0.3, -0.25) is 9.48 Å². The van der Waals surface area contributed by atoms with Crippen LogP contribution < -0.4 is 0 Å². The second-order valence-electron chi connectivity index (χ2n) is 4.92. The number of hydrogen-bond donors (Lipinski definition) is 0. The molecule has 2 rings (SSSR count). The number of aromatic nitrogens is 2. The van der Waals surface area contributed by atoms with Crippen molar-refractivity contribution in [1.29, 1.82) is 0 Å². The fourth-order valence-corrected chi connectivity index (χ4v) is 2.05. The summed E-state index contributed by atoms with van der Waals surface area (Å²) in [4.78, 5) is 13.6. The van der Waals surface area contributed by atoms with Crippen LogP contribution >= 0.6 is 0 Å². The largest absolute Gasteiger partial charge is 0.347 e. The minimum atomic E-state index is -0.286. The van der Waals surface area contributed by atoms with E-state index in [1.807, 2.05) is 50.4 Å². The average Bonchev–Trinajstić information content (AvgIpc) is 2.80. The second-order valence-corrected chi connectivity index (χ2v) is 4.92. The maximum absolute atomic E-state index is 12.0. The van der Waals surface area contributed by atoms with Gasteiger partial charge in [0.2, 0.25) is 5.91 Å². The molecule has 0 aliphatic heterocycles. The molecule has 1 heterocycles. The number of benzene rings is 1. The molecule has 1 atom stereocenters. The van der Waals surface area contributed by atoms with Crippen LogP contribution in [0.2, 0.25) is 0 Å². The van der Waals surface area contributed by atoms with Crippen LogP contribution in [0.25, 0.3) is 11.3 Å². The first kappa shape index (κ1) is 13.3. The molecule has 19 heavy (non-hydrogen) atoms. The quantitative estimate of drug-likeness (QED) is 0.847. The van der Waals surface area contributed by atoms with E-state index in [0.717, 1.165) is 16.8 Å². The first-order valence-corrected chi connectivity index (χ1v) is 6.33. The molecule has 0 aliphatic carbocycles. The van der Waals surface area contributed by atoms with Gasteiger partial charge in [-0.05, 0) is 19.4 Å². The van der Waals surface area contributed by atoms with Gasteiger partial charge in [-0.1, -0.05) is 30.3 Å². The van der Waals surface area contributed by atoms with Crippen molar-refractivity contribution in [1.82, 2.24) is 14.7 Å². The van der Waals surface area contributed by atoms with Crippen molar-refractivity contribution in [2.75, 3.05) is 14.1 Å². The smallest absolute Gasteiger partial charge is 0.246 e. The summed E-state index contributed by atoms with van der Waals surface area (Å²) >= 11 is 0. The molecule has 0 N–H and O–H groups in total. The van der Waals surface area contributed by atoms with E-state index in [1.165, 1.54) is 0 Å². The molecular weight excluding hydrogens is 238 g/mol. The maximum atomic E-state index is 12.0. The third-order valence-electron chi connectivity index (χ3n) is 3.16. The zero-order chi connectivity index (χ0) is 14.0. The van der Waals surface area contributed by atoms with Crippen molar-refractivity contribution in [3.8, 4) is 11.3 Å². The molecule has 4 nitrogen and oxygen atoms in total. The minimum Gasteiger partial charge on any atom is -0.347 e. The SMILES string of the molecule is Cc1cn(C(C)C(=O)N(C)C)nc1-c1ccccc1. The van der Waals surface area contributed by atoms with E-state index in [-0.39, 0.29) is 11.9 Å². The fraction of sp³-hybridized carbons (Fsp3) is 0.333. The van der Waals surface area contributed by atoms with E-state index in [0.29, 0.717) is 0 Å². The van der Waals surface area contributed by atoms with Gasteiger partial charge in [-0.2, -0.15) is 5.10 Å². The lowest BCUT2D eigenvalue weighted by atomic mass is 10.1. The molecule has 0 spiro atoms. The van der Waals surface area contributed by atoms with Gasteiger partial charge in [-0.25, -0.2) is 0 Å². The van der Waals surface area contributed by atoms with Crippen LogP contribution in [-0.4, -0.2) is 34.7 Å². The maximum Gasteiger partial charge on any atom is 0.246 e. The molecule has 2 aromatic rings. The minimum absolute atomic E-state index is 0.0436. The molecule has 0 bridgehead atoms. The Morgan fingerprint density at radius 1 is 1.26 bits per heavy atom. The van der Waals surface area contributed by atoms with Gasteiger partial charge in [-0.15, -0.1) is 0 Å². The molecule has 100 valence electrons. The average molecular weight is 257 g/mol. The topological polar surface area (TPSA) is 38.1 Å². The van der Waals surface area contributed by atoms with E-state index < -0.39 is 0 Å². The lowest BCUT2D eigenvalue weighted by molar-refractivity contribution is -0.131. The summed E-state index contributed by atoms with van der Waals surface area (Å²) in [7, 11) is 3.51. The van der Waals surface area contributed by atoms with Gasteiger partial charge in [0, 0.05) is 25.9 Å². The molecule has 0 fully saturated rings. The molecule has 0 saturated carbocycles. The number of aryl methyl sites for hydroxylation is 1. The molecular formula is C15H19N3O. The fourth-order valence-electron chi connectivity index (χ4n) is 2.05. The van der Waals surface area contributed by atoms with Crippen LogP contribution in [0.1, 0.15) is 18.5 Å². The van der Waals surface area contributed by atoms with E-state index in [9.17, 15) is 4.79 Å². The Hall–Kier alpha value is -2.10. The van der Waals surface area contributed by atoms with Gasteiger partial charge in [0.25, 0.3) is 0 Å². The summed E-state index contributed by atoms with van der Waals surface area (Å²) in [5, 5.41) is 4.55. The van der Waals surface area contributed by atoms with Crippen LogP contribution in [0.5, 0.6) is 0 Å². The Balaban J connectivity index is 2.34. The summed E-state index contributed by atoms with van der Waals surface area (Å²) in [6, 6.07) is 9.72. The molecule has 1 aromatic heterocycles. The Bertz CT molecular complexity index is 572. The molecule has 1 amide bonds. The van der Waals surface area contributed by atoms with Crippen molar-refractivity contribution in [2.45, 2.75) is 19.9 Å².